The smallest absolute Gasteiger partial charge is 0.335 e. The van der Waals surface area contributed by atoms with Gasteiger partial charge < -0.3 is 10.2 Å². The molecular formula is C24H22N4O4. The molecule has 0 aromatic heterocycles. The highest BCUT2D eigenvalue weighted by atomic mass is 16.4. The fourth-order valence-electron chi connectivity index (χ4n) is 3.56. The van der Waals surface area contributed by atoms with Crippen LogP contribution >= 0.6 is 0 Å². The molecule has 1 amide bonds. The van der Waals surface area contributed by atoms with Gasteiger partial charge in [0.05, 0.1) is 11.9 Å². The van der Waals surface area contributed by atoms with Crippen molar-refractivity contribution >= 4 is 35.1 Å². The molecule has 4 rings (SSSR count). The van der Waals surface area contributed by atoms with Crippen molar-refractivity contribution in [2.24, 2.45) is 10.2 Å². The molecule has 2 aliphatic rings. The maximum absolute atomic E-state index is 12.8. The normalized spacial score (nSPS) is 21.2. The number of rotatable bonds is 5. The Kier molecular flexibility index (Phi) is 5.36. The Morgan fingerprint density at radius 2 is 1.97 bits per heavy atom. The molecule has 1 unspecified atom stereocenters. The van der Waals surface area contributed by atoms with Crippen LogP contribution in [0.3, 0.4) is 0 Å². The zero-order valence-corrected chi connectivity index (χ0v) is 17.6. The van der Waals surface area contributed by atoms with Crippen molar-refractivity contribution in [3.05, 3.63) is 77.4 Å². The number of aryl methyl sites for hydroxylation is 2. The van der Waals surface area contributed by atoms with Crippen LogP contribution in [0.2, 0.25) is 0 Å². The number of para-hydroxylation sites is 1. The maximum Gasteiger partial charge on any atom is 0.335 e. The molecule has 0 spiro atoms. The number of allylic oxidation sites excluding steroid dienone is 2. The Morgan fingerprint density at radius 3 is 2.69 bits per heavy atom. The molecule has 1 aliphatic heterocycles. The summed E-state index contributed by atoms with van der Waals surface area (Å²) in [6.07, 6.45) is 6.14. The number of aromatic hydroxyl groups is 1. The third kappa shape index (κ3) is 3.78. The van der Waals surface area contributed by atoms with Crippen LogP contribution in [-0.4, -0.2) is 39.6 Å². The van der Waals surface area contributed by atoms with Gasteiger partial charge in [0.2, 0.25) is 0 Å². The number of phenolic OH excluding ortho intramolecular Hbond substituents is 1. The van der Waals surface area contributed by atoms with Gasteiger partial charge in [-0.25, -0.2) is 4.79 Å². The van der Waals surface area contributed by atoms with E-state index in [1.54, 1.807) is 42.5 Å². The number of phenols is 1. The SMILES string of the molecule is Cc1ccc(N2N=CC(=NNC3(C(=O)O)C=CC=C(c4ccccc4O)C3)C2=O)cc1C. The monoisotopic (exact) mass is 430 g/mol. The molecule has 32 heavy (non-hydrogen) atoms. The van der Waals surface area contributed by atoms with E-state index in [1.807, 2.05) is 26.0 Å². The molecule has 1 aliphatic carbocycles. The first-order valence-corrected chi connectivity index (χ1v) is 10.0. The van der Waals surface area contributed by atoms with E-state index in [1.165, 1.54) is 17.3 Å². The van der Waals surface area contributed by atoms with Gasteiger partial charge in [0.15, 0.2) is 11.3 Å². The van der Waals surface area contributed by atoms with Gasteiger partial charge in [-0.15, -0.1) is 0 Å². The number of amides is 1. The van der Waals surface area contributed by atoms with Crippen molar-refractivity contribution in [1.82, 2.24) is 5.43 Å². The van der Waals surface area contributed by atoms with Crippen LogP contribution in [0.1, 0.15) is 23.1 Å². The number of hydrazone groups is 2. The van der Waals surface area contributed by atoms with Gasteiger partial charge in [-0.05, 0) is 54.8 Å². The van der Waals surface area contributed by atoms with Crippen LogP contribution in [0.5, 0.6) is 5.75 Å². The molecule has 0 radical (unpaired) electrons. The standard InChI is InChI=1S/C24H22N4O4/c1-15-9-10-18(12-16(15)2)28-22(30)20(14-25-28)26-27-24(23(31)32)11-5-6-17(13-24)19-7-3-4-8-21(19)29/h3-12,14,27,29H,13H2,1-2H3,(H,31,32). The topological polar surface area (TPSA) is 115 Å². The van der Waals surface area contributed by atoms with E-state index in [-0.39, 0.29) is 17.9 Å². The minimum Gasteiger partial charge on any atom is -0.507 e. The van der Waals surface area contributed by atoms with Gasteiger partial charge in [-0.3, -0.25) is 10.2 Å². The Hall–Kier alpha value is -4.20. The Balaban J connectivity index is 1.56. The molecule has 2 aromatic carbocycles. The van der Waals surface area contributed by atoms with Crippen LogP contribution in [-0.2, 0) is 9.59 Å². The van der Waals surface area contributed by atoms with Crippen LogP contribution < -0.4 is 10.4 Å². The lowest BCUT2D eigenvalue weighted by Crippen LogP contribution is -2.49. The maximum atomic E-state index is 12.8. The number of nitrogens with zero attached hydrogens (tertiary/aromatic N) is 3. The number of benzene rings is 2. The predicted molar refractivity (Wildman–Crippen MR) is 123 cm³/mol. The van der Waals surface area contributed by atoms with E-state index in [4.69, 9.17) is 0 Å². The first-order chi connectivity index (χ1) is 15.3. The highest BCUT2D eigenvalue weighted by molar-refractivity contribution is 6.65. The number of carbonyl (C=O) groups excluding carboxylic acids is 1. The lowest BCUT2D eigenvalue weighted by molar-refractivity contribution is -0.142. The van der Waals surface area contributed by atoms with Crippen molar-refractivity contribution in [1.29, 1.82) is 0 Å². The largest absolute Gasteiger partial charge is 0.507 e. The summed E-state index contributed by atoms with van der Waals surface area (Å²) < 4.78 is 0. The first-order valence-electron chi connectivity index (χ1n) is 10.0. The van der Waals surface area contributed by atoms with Crippen molar-refractivity contribution in [3.8, 4) is 5.75 Å². The first kappa shape index (κ1) is 21.0. The summed E-state index contributed by atoms with van der Waals surface area (Å²) >= 11 is 0. The number of hydrogen-bond acceptors (Lipinski definition) is 6. The van der Waals surface area contributed by atoms with Crippen LogP contribution in [0, 0.1) is 13.8 Å². The second kappa shape index (κ2) is 8.14. The quantitative estimate of drug-likeness (QED) is 0.631. The Bertz CT molecular complexity index is 1230. The molecule has 0 fully saturated rings. The number of anilines is 1. The van der Waals surface area contributed by atoms with Crippen molar-refractivity contribution < 1.29 is 19.8 Å². The number of carboxylic acid groups (broad SMARTS) is 1. The number of nitrogens with one attached hydrogen (secondary N) is 1. The number of hydrogen-bond donors (Lipinski definition) is 3. The van der Waals surface area contributed by atoms with E-state index in [0.29, 0.717) is 16.8 Å². The third-order valence-electron chi connectivity index (χ3n) is 5.60. The number of carbonyl (C=O) groups is 2. The summed E-state index contributed by atoms with van der Waals surface area (Å²) in [5.74, 6) is -1.56. The van der Waals surface area contributed by atoms with Gasteiger partial charge in [0.1, 0.15) is 5.75 Å². The molecule has 0 saturated carbocycles. The van der Waals surface area contributed by atoms with E-state index in [0.717, 1.165) is 11.1 Å². The van der Waals surface area contributed by atoms with E-state index in [2.05, 4.69) is 15.6 Å². The van der Waals surface area contributed by atoms with Crippen LogP contribution in [0.25, 0.3) is 5.57 Å². The summed E-state index contributed by atoms with van der Waals surface area (Å²) in [7, 11) is 0. The molecule has 162 valence electrons. The Morgan fingerprint density at radius 1 is 1.19 bits per heavy atom. The lowest BCUT2D eigenvalue weighted by atomic mass is 9.84. The third-order valence-corrected chi connectivity index (χ3v) is 5.60. The van der Waals surface area contributed by atoms with Gasteiger partial charge in [-0.2, -0.15) is 15.2 Å². The fraction of sp³-hybridized carbons (Fsp3) is 0.167. The number of carboxylic acids is 1. The van der Waals surface area contributed by atoms with Crippen molar-refractivity contribution in [2.45, 2.75) is 25.8 Å². The predicted octanol–water partition coefficient (Wildman–Crippen LogP) is 3.15. The molecule has 1 heterocycles. The second-order valence-corrected chi connectivity index (χ2v) is 7.76. The molecular weight excluding hydrogens is 408 g/mol. The minimum absolute atomic E-state index is 0.00378. The molecule has 8 heteroatoms. The van der Waals surface area contributed by atoms with Crippen molar-refractivity contribution in [2.75, 3.05) is 5.01 Å². The van der Waals surface area contributed by atoms with Crippen molar-refractivity contribution in [3.63, 3.8) is 0 Å². The summed E-state index contributed by atoms with van der Waals surface area (Å²) in [4.78, 5) is 25.0. The Labute approximate surface area is 184 Å². The molecule has 0 bridgehead atoms. The average Bonchev–Trinajstić information content (AvgIpc) is 3.15. The molecule has 2 aromatic rings. The van der Waals surface area contributed by atoms with Gasteiger partial charge >= 0.3 is 11.9 Å². The summed E-state index contributed by atoms with van der Waals surface area (Å²) in [6.45, 7) is 3.92. The van der Waals surface area contributed by atoms with Gasteiger partial charge in [0, 0.05) is 12.0 Å². The van der Waals surface area contributed by atoms with Crippen LogP contribution in [0.15, 0.2) is 70.9 Å². The molecule has 1 atom stereocenters. The second-order valence-electron chi connectivity index (χ2n) is 7.76. The molecule has 3 N–H and O–H groups in total. The summed E-state index contributed by atoms with van der Waals surface area (Å²) in [5, 5.41) is 29.5. The summed E-state index contributed by atoms with van der Waals surface area (Å²) in [5.41, 5.74) is 4.97. The molecule has 0 saturated heterocycles. The van der Waals surface area contributed by atoms with Gasteiger partial charge in [0.25, 0.3) is 0 Å². The number of aliphatic carboxylic acids is 1. The minimum atomic E-state index is -1.58. The van der Waals surface area contributed by atoms with Crippen LogP contribution in [0.4, 0.5) is 5.69 Å². The van der Waals surface area contributed by atoms with E-state index < -0.39 is 17.4 Å². The molecule has 8 nitrogen and oxygen atoms in total. The average molecular weight is 430 g/mol. The van der Waals surface area contributed by atoms with Gasteiger partial charge in [-0.1, -0.05) is 36.4 Å². The zero-order valence-electron chi connectivity index (χ0n) is 17.6. The highest BCUT2D eigenvalue weighted by Gasteiger charge is 2.39. The summed E-state index contributed by atoms with van der Waals surface area (Å²) in [6, 6.07) is 12.3. The highest BCUT2D eigenvalue weighted by Crippen LogP contribution is 2.34. The van der Waals surface area contributed by atoms with E-state index in [9.17, 15) is 19.8 Å². The fourth-order valence-corrected chi connectivity index (χ4v) is 3.56. The lowest BCUT2D eigenvalue weighted by Gasteiger charge is -2.29. The van der Waals surface area contributed by atoms with E-state index >= 15 is 0 Å². The zero-order chi connectivity index (χ0) is 22.9.